The first-order chi connectivity index (χ1) is 15.4. The lowest BCUT2D eigenvalue weighted by Gasteiger charge is -2.31. The maximum absolute atomic E-state index is 14.2. The standard InChI is InChI=1S/C21H20F2N6O3/c22-17-14(24)5-6-16(18(17)23)32-19-13(4-1-8-25-19)15-7-9-26-20(28-15)27-12-3-2-10-29(11-12)21(30)31/h1,4-9,12H,2-3,10-11,24H2,(H,30,31)(H,26,27,28)/t12-/m0/s1. The number of nitrogen functional groups attached to an aromatic ring is 1. The molecule has 9 nitrogen and oxygen atoms in total. The van der Waals surface area contributed by atoms with Gasteiger partial charge in [-0.1, -0.05) is 0 Å². The minimum absolute atomic E-state index is 0.0231. The van der Waals surface area contributed by atoms with Crippen LogP contribution in [0.2, 0.25) is 0 Å². The average molecular weight is 442 g/mol. The van der Waals surface area contributed by atoms with Crippen molar-refractivity contribution in [2.24, 2.45) is 0 Å². The summed E-state index contributed by atoms with van der Waals surface area (Å²) in [5, 5.41) is 12.4. The van der Waals surface area contributed by atoms with Crippen molar-refractivity contribution in [1.82, 2.24) is 19.9 Å². The Hall–Kier alpha value is -4.02. The van der Waals surface area contributed by atoms with Crippen LogP contribution in [0.25, 0.3) is 11.3 Å². The van der Waals surface area contributed by atoms with Crippen LogP contribution in [0.3, 0.4) is 0 Å². The highest BCUT2D eigenvalue weighted by Crippen LogP contribution is 2.33. The molecule has 1 fully saturated rings. The molecule has 0 spiro atoms. The van der Waals surface area contributed by atoms with E-state index in [0.29, 0.717) is 30.3 Å². The molecule has 3 aromatic rings. The molecule has 2 aromatic heterocycles. The molecule has 1 amide bonds. The van der Waals surface area contributed by atoms with E-state index in [1.54, 1.807) is 18.2 Å². The van der Waals surface area contributed by atoms with E-state index in [4.69, 9.17) is 10.5 Å². The Morgan fingerprint density at radius 1 is 1.19 bits per heavy atom. The maximum atomic E-state index is 14.2. The van der Waals surface area contributed by atoms with Crippen molar-refractivity contribution < 1.29 is 23.4 Å². The number of halogens is 2. The lowest BCUT2D eigenvalue weighted by molar-refractivity contribution is 0.132. The zero-order valence-electron chi connectivity index (χ0n) is 16.8. The van der Waals surface area contributed by atoms with E-state index in [2.05, 4.69) is 20.3 Å². The number of anilines is 2. The lowest BCUT2D eigenvalue weighted by atomic mass is 10.1. The van der Waals surface area contributed by atoms with Crippen LogP contribution >= 0.6 is 0 Å². The van der Waals surface area contributed by atoms with E-state index in [9.17, 15) is 18.7 Å². The van der Waals surface area contributed by atoms with E-state index >= 15 is 0 Å². The fraction of sp³-hybridized carbons (Fsp3) is 0.238. The van der Waals surface area contributed by atoms with Crippen LogP contribution in [0.4, 0.5) is 25.2 Å². The largest absolute Gasteiger partial charge is 0.465 e. The van der Waals surface area contributed by atoms with Crippen LogP contribution in [0.5, 0.6) is 11.6 Å². The normalized spacial score (nSPS) is 15.9. The van der Waals surface area contributed by atoms with E-state index < -0.39 is 17.7 Å². The molecule has 166 valence electrons. The molecule has 1 atom stereocenters. The molecule has 3 heterocycles. The Bertz CT molecular complexity index is 1150. The molecule has 0 saturated carbocycles. The van der Waals surface area contributed by atoms with E-state index in [-0.39, 0.29) is 23.4 Å². The van der Waals surface area contributed by atoms with E-state index in [1.165, 1.54) is 29.4 Å². The molecular weight excluding hydrogens is 422 g/mol. The van der Waals surface area contributed by atoms with Crippen LogP contribution in [0, 0.1) is 11.6 Å². The van der Waals surface area contributed by atoms with Crippen molar-refractivity contribution >= 4 is 17.7 Å². The third kappa shape index (κ3) is 4.51. The maximum Gasteiger partial charge on any atom is 0.407 e. The summed E-state index contributed by atoms with van der Waals surface area (Å²) < 4.78 is 33.5. The summed E-state index contributed by atoms with van der Waals surface area (Å²) in [4.78, 5) is 25.4. The first kappa shape index (κ1) is 21.2. The van der Waals surface area contributed by atoms with Gasteiger partial charge >= 0.3 is 6.09 Å². The third-order valence-corrected chi connectivity index (χ3v) is 5.01. The number of benzene rings is 1. The van der Waals surface area contributed by atoms with E-state index in [1.807, 2.05) is 0 Å². The second-order valence-electron chi connectivity index (χ2n) is 7.22. The SMILES string of the molecule is Nc1ccc(Oc2ncccc2-c2ccnc(N[C@H]3CCCN(C(=O)O)C3)n2)c(F)c1F. The number of likely N-dealkylation sites (tertiary alicyclic amines) is 1. The van der Waals surface area contributed by atoms with Crippen molar-refractivity contribution in [1.29, 1.82) is 0 Å². The third-order valence-electron chi connectivity index (χ3n) is 5.01. The predicted octanol–water partition coefficient (Wildman–Crippen LogP) is 3.75. The highest BCUT2D eigenvalue weighted by atomic mass is 19.2. The highest BCUT2D eigenvalue weighted by molar-refractivity contribution is 5.66. The van der Waals surface area contributed by atoms with Gasteiger partial charge in [-0.25, -0.2) is 24.1 Å². The van der Waals surface area contributed by atoms with Gasteiger partial charge in [0, 0.05) is 31.5 Å². The molecule has 32 heavy (non-hydrogen) atoms. The first-order valence-corrected chi connectivity index (χ1v) is 9.86. The Balaban J connectivity index is 1.58. The monoisotopic (exact) mass is 442 g/mol. The molecule has 4 N–H and O–H groups in total. The van der Waals surface area contributed by atoms with Gasteiger partial charge < -0.3 is 25.8 Å². The number of nitrogens with zero attached hydrogens (tertiary/aromatic N) is 4. The summed E-state index contributed by atoms with van der Waals surface area (Å²) in [5.74, 6) is -2.45. The minimum atomic E-state index is -1.22. The van der Waals surface area contributed by atoms with Crippen molar-refractivity contribution in [2.45, 2.75) is 18.9 Å². The van der Waals surface area contributed by atoms with Crippen molar-refractivity contribution in [2.75, 3.05) is 24.1 Å². The number of carboxylic acid groups (broad SMARTS) is 1. The summed E-state index contributed by atoms with van der Waals surface area (Å²) in [6.07, 6.45) is 3.53. The van der Waals surface area contributed by atoms with Crippen molar-refractivity contribution in [3.63, 3.8) is 0 Å². The Kier molecular flexibility index (Phi) is 5.97. The molecular formula is C21H20F2N6O3. The number of nitrogens with one attached hydrogen (secondary N) is 1. The highest BCUT2D eigenvalue weighted by Gasteiger charge is 2.24. The molecule has 0 aliphatic carbocycles. The Morgan fingerprint density at radius 2 is 2.03 bits per heavy atom. The molecule has 1 aliphatic rings. The second kappa shape index (κ2) is 9.00. The molecule has 4 rings (SSSR count). The van der Waals surface area contributed by atoms with Gasteiger partial charge in [0.2, 0.25) is 17.6 Å². The van der Waals surface area contributed by atoms with E-state index in [0.717, 1.165) is 12.8 Å². The quantitative estimate of drug-likeness (QED) is 0.510. The van der Waals surface area contributed by atoms with Crippen LogP contribution in [0.1, 0.15) is 12.8 Å². The first-order valence-electron chi connectivity index (χ1n) is 9.86. The van der Waals surface area contributed by atoms with Crippen LogP contribution in [-0.2, 0) is 0 Å². The molecule has 0 radical (unpaired) electrons. The molecule has 1 aromatic carbocycles. The Morgan fingerprint density at radius 3 is 2.84 bits per heavy atom. The molecule has 1 saturated heterocycles. The lowest BCUT2D eigenvalue weighted by Crippen LogP contribution is -2.44. The van der Waals surface area contributed by atoms with Gasteiger partial charge in [0.25, 0.3) is 0 Å². The predicted molar refractivity (Wildman–Crippen MR) is 112 cm³/mol. The fourth-order valence-corrected chi connectivity index (χ4v) is 3.43. The number of rotatable bonds is 5. The molecule has 11 heteroatoms. The summed E-state index contributed by atoms with van der Waals surface area (Å²) >= 11 is 0. The second-order valence-corrected chi connectivity index (χ2v) is 7.22. The van der Waals surface area contributed by atoms with Gasteiger partial charge in [-0.2, -0.15) is 4.39 Å². The number of piperidine rings is 1. The van der Waals surface area contributed by atoms with Gasteiger partial charge in [0.1, 0.15) is 0 Å². The number of amides is 1. The summed E-state index contributed by atoms with van der Waals surface area (Å²) in [5.41, 5.74) is 5.92. The number of carbonyl (C=O) groups is 1. The zero-order valence-corrected chi connectivity index (χ0v) is 16.8. The number of pyridine rings is 1. The van der Waals surface area contributed by atoms with Gasteiger partial charge in [0.15, 0.2) is 11.6 Å². The smallest absolute Gasteiger partial charge is 0.407 e. The molecule has 0 unspecified atom stereocenters. The van der Waals surface area contributed by atoms with Crippen molar-refractivity contribution in [3.8, 4) is 22.9 Å². The number of ether oxygens (including phenoxy) is 1. The number of aromatic nitrogens is 3. The van der Waals surface area contributed by atoms with Gasteiger partial charge in [-0.05, 0) is 43.2 Å². The number of hydrogen-bond donors (Lipinski definition) is 3. The number of hydrogen-bond acceptors (Lipinski definition) is 7. The van der Waals surface area contributed by atoms with Crippen LogP contribution < -0.4 is 15.8 Å². The molecule has 0 bridgehead atoms. The summed E-state index contributed by atoms with van der Waals surface area (Å²) in [7, 11) is 0. The topological polar surface area (TPSA) is 126 Å². The van der Waals surface area contributed by atoms with Gasteiger partial charge in [-0.15, -0.1) is 0 Å². The van der Waals surface area contributed by atoms with Crippen LogP contribution in [-0.4, -0.2) is 50.2 Å². The summed E-state index contributed by atoms with van der Waals surface area (Å²) in [6.45, 7) is 0.819. The van der Waals surface area contributed by atoms with Crippen LogP contribution in [0.15, 0.2) is 42.7 Å². The Labute approximate surface area is 181 Å². The zero-order chi connectivity index (χ0) is 22.7. The fourth-order valence-electron chi connectivity index (χ4n) is 3.43. The summed E-state index contributed by atoms with van der Waals surface area (Å²) in [6, 6.07) is 7.24. The number of nitrogens with two attached hydrogens (primary N) is 1. The molecule has 1 aliphatic heterocycles. The average Bonchev–Trinajstić information content (AvgIpc) is 2.80. The minimum Gasteiger partial charge on any atom is -0.465 e. The van der Waals surface area contributed by atoms with Gasteiger partial charge in [0.05, 0.1) is 16.9 Å². The van der Waals surface area contributed by atoms with Crippen molar-refractivity contribution in [3.05, 3.63) is 54.4 Å². The van der Waals surface area contributed by atoms with Gasteiger partial charge in [-0.3, -0.25) is 0 Å².